The minimum atomic E-state index is -4.40. The average Bonchev–Trinajstić information content (AvgIpc) is 2.86. The SMILES string of the molecule is CCNC(=NCC(=O)N(C)CC(F)(F)F)NC1CC=CC1.I. The number of nitrogens with zero attached hydrogens (tertiary/aromatic N) is 2. The van der Waals surface area contributed by atoms with Gasteiger partial charge in [-0.2, -0.15) is 13.2 Å². The van der Waals surface area contributed by atoms with E-state index in [0.717, 1.165) is 19.9 Å². The van der Waals surface area contributed by atoms with Gasteiger partial charge < -0.3 is 15.5 Å². The molecule has 0 saturated carbocycles. The van der Waals surface area contributed by atoms with E-state index in [1.807, 2.05) is 19.1 Å². The number of halogens is 4. The summed E-state index contributed by atoms with van der Waals surface area (Å²) in [5.74, 6) is -0.228. The third-order valence-electron chi connectivity index (χ3n) is 2.91. The maximum Gasteiger partial charge on any atom is 0.406 e. The van der Waals surface area contributed by atoms with Gasteiger partial charge in [-0.05, 0) is 19.8 Å². The first-order chi connectivity index (χ1) is 9.81. The van der Waals surface area contributed by atoms with E-state index in [9.17, 15) is 18.0 Å². The van der Waals surface area contributed by atoms with Crippen LogP contribution in [-0.4, -0.2) is 55.7 Å². The summed E-state index contributed by atoms with van der Waals surface area (Å²) in [5, 5.41) is 6.11. The fourth-order valence-corrected chi connectivity index (χ4v) is 1.87. The molecule has 9 heteroatoms. The number of amides is 1. The second-order valence-electron chi connectivity index (χ2n) is 4.84. The third-order valence-corrected chi connectivity index (χ3v) is 2.91. The number of nitrogens with one attached hydrogen (secondary N) is 2. The molecule has 0 saturated heterocycles. The Labute approximate surface area is 145 Å². The molecule has 1 amide bonds. The van der Waals surface area contributed by atoms with E-state index in [1.54, 1.807) is 0 Å². The molecule has 0 aromatic carbocycles. The van der Waals surface area contributed by atoms with Crippen molar-refractivity contribution in [3.63, 3.8) is 0 Å². The molecule has 0 aromatic heterocycles. The van der Waals surface area contributed by atoms with Crippen LogP contribution in [0.5, 0.6) is 0 Å². The molecule has 22 heavy (non-hydrogen) atoms. The third kappa shape index (κ3) is 8.44. The highest BCUT2D eigenvalue weighted by atomic mass is 127. The fourth-order valence-electron chi connectivity index (χ4n) is 1.87. The zero-order chi connectivity index (χ0) is 15.9. The van der Waals surface area contributed by atoms with Crippen LogP contribution in [0.3, 0.4) is 0 Å². The van der Waals surface area contributed by atoms with Crippen molar-refractivity contribution in [2.45, 2.75) is 32.0 Å². The number of carbonyl (C=O) groups excluding carboxylic acids is 1. The van der Waals surface area contributed by atoms with Crippen LogP contribution < -0.4 is 10.6 Å². The zero-order valence-electron chi connectivity index (χ0n) is 12.6. The average molecular weight is 434 g/mol. The molecule has 0 bridgehead atoms. The van der Waals surface area contributed by atoms with Gasteiger partial charge in [0.25, 0.3) is 0 Å². The summed E-state index contributed by atoms with van der Waals surface area (Å²) in [7, 11) is 1.12. The molecule has 2 N–H and O–H groups in total. The minimum Gasteiger partial charge on any atom is -0.357 e. The van der Waals surface area contributed by atoms with E-state index in [0.29, 0.717) is 17.4 Å². The standard InChI is InChI=1S/C13H21F3N4O.HI/c1-3-17-12(19-10-6-4-5-7-10)18-8-11(21)20(2)9-13(14,15)16;/h4-5,10H,3,6-9H2,1-2H3,(H2,17,18,19);1H. The van der Waals surface area contributed by atoms with Crippen molar-refractivity contribution in [3.8, 4) is 0 Å². The molecule has 5 nitrogen and oxygen atoms in total. The van der Waals surface area contributed by atoms with Gasteiger partial charge in [0.2, 0.25) is 5.91 Å². The first-order valence-corrected chi connectivity index (χ1v) is 6.82. The van der Waals surface area contributed by atoms with Crippen molar-refractivity contribution in [2.75, 3.05) is 26.7 Å². The number of hydrogen-bond acceptors (Lipinski definition) is 2. The van der Waals surface area contributed by atoms with Gasteiger partial charge in [-0.3, -0.25) is 4.79 Å². The Morgan fingerprint density at radius 3 is 2.45 bits per heavy atom. The van der Waals surface area contributed by atoms with Crippen LogP contribution in [0.4, 0.5) is 13.2 Å². The number of carbonyl (C=O) groups is 1. The van der Waals surface area contributed by atoms with Crippen molar-refractivity contribution in [2.24, 2.45) is 4.99 Å². The number of likely N-dealkylation sites (N-methyl/N-ethyl adjacent to an activating group) is 1. The molecule has 0 fully saturated rings. The predicted molar refractivity (Wildman–Crippen MR) is 90.4 cm³/mol. The van der Waals surface area contributed by atoms with Crippen LogP contribution in [0.1, 0.15) is 19.8 Å². The molecule has 0 unspecified atom stereocenters. The lowest BCUT2D eigenvalue weighted by Crippen LogP contribution is -2.43. The van der Waals surface area contributed by atoms with Crippen LogP contribution in [0.25, 0.3) is 0 Å². The molecule has 0 aliphatic heterocycles. The first kappa shape index (κ1) is 21.0. The minimum absolute atomic E-state index is 0. The van der Waals surface area contributed by atoms with Gasteiger partial charge in [0.05, 0.1) is 0 Å². The van der Waals surface area contributed by atoms with E-state index in [-0.39, 0.29) is 36.6 Å². The Morgan fingerprint density at radius 2 is 1.95 bits per heavy atom. The van der Waals surface area contributed by atoms with E-state index in [2.05, 4.69) is 15.6 Å². The maximum atomic E-state index is 12.2. The molecular formula is C13H22F3IN4O. The van der Waals surface area contributed by atoms with Gasteiger partial charge in [-0.15, -0.1) is 24.0 Å². The van der Waals surface area contributed by atoms with Crippen LogP contribution >= 0.6 is 24.0 Å². The van der Waals surface area contributed by atoms with E-state index in [4.69, 9.17) is 0 Å². The lowest BCUT2D eigenvalue weighted by Gasteiger charge is -2.19. The van der Waals surface area contributed by atoms with Crippen molar-refractivity contribution in [1.29, 1.82) is 0 Å². The second kappa shape index (κ2) is 9.90. The number of guanidine groups is 1. The molecule has 128 valence electrons. The second-order valence-corrected chi connectivity index (χ2v) is 4.84. The molecule has 1 rings (SSSR count). The van der Waals surface area contributed by atoms with Crippen molar-refractivity contribution >= 4 is 35.8 Å². The zero-order valence-corrected chi connectivity index (χ0v) is 14.9. The predicted octanol–water partition coefficient (Wildman–Crippen LogP) is 1.90. The Morgan fingerprint density at radius 1 is 1.36 bits per heavy atom. The van der Waals surface area contributed by atoms with Gasteiger partial charge in [0, 0.05) is 19.6 Å². The lowest BCUT2D eigenvalue weighted by molar-refractivity contribution is -0.157. The summed E-state index contributed by atoms with van der Waals surface area (Å²) in [6, 6.07) is 0.214. The Balaban J connectivity index is 0.00000441. The Bertz CT molecular complexity index is 405. The monoisotopic (exact) mass is 434 g/mol. The largest absolute Gasteiger partial charge is 0.406 e. The highest BCUT2D eigenvalue weighted by Gasteiger charge is 2.31. The van der Waals surface area contributed by atoms with Crippen LogP contribution in [0, 0.1) is 0 Å². The van der Waals surface area contributed by atoms with Gasteiger partial charge in [0.1, 0.15) is 13.1 Å². The highest BCUT2D eigenvalue weighted by Crippen LogP contribution is 2.15. The van der Waals surface area contributed by atoms with Crippen LogP contribution in [0.2, 0.25) is 0 Å². The Kier molecular flexibility index (Phi) is 9.45. The van der Waals surface area contributed by atoms with E-state index < -0.39 is 18.6 Å². The van der Waals surface area contributed by atoms with Gasteiger partial charge in [-0.25, -0.2) is 4.99 Å². The molecule has 0 radical (unpaired) electrons. The molecule has 0 aromatic rings. The number of rotatable bonds is 5. The molecule has 0 heterocycles. The molecule has 1 aliphatic carbocycles. The van der Waals surface area contributed by atoms with Crippen molar-refractivity contribution in [3.05, 3.63) is 12.2 Å². The van der Waals surface area contributed by atoms with Crippen LogP contribution in [0.15, 0.2) is 17.1 Å². The molecule has 0 atom stereocenters. The molecule has 0 spiro atoms. The normalized spacial score (nSPS) is 15.4. The van der Waals surface area contributed by atoms with Gasteiger partial charge in [-0.1, -0.05) is 12.2 Å². The van der Waals surface area contributed by atoms with Crippen LogP contribution in [-0.2, 0) is 4.79 Å². The van der Waals surface area contributed by atoms with Crippen molar-refractivity contribution < 1.29 is 18.0 Å². The summed E-state index contributed by atoms with van der Waals surface area (Å²) in [5.41, 5.74) is 0. The smallest absolute Gasteiger partial charge is 0.357 e. The fraction of sp³-hybridized carbons (Fsp3) is 0.692. The number of aliphatic imine (C=N–C) groups is 1. The summed E-state index contributed by atoms with van der Waals surface area (Å²) >= 11 is 0. The Hall–Kier alpha value is -1.00. The molecular weight excluding hydrogens is 412 g/mol. The summed E-state index contributed by atoms with van der Waals surface area (Å²) in [4.78, 5) is 16.3. The van der Waals surface area contributed by atoms with Crippen molar-refractivity contribution in [1.82, 2.24) is 15.5 Å². The topological polar surface area (TPSA) is 56.7 Å². The summed E-state index contributed by atoms with van der Waals surface area (Å²) in [6.07, 6.45) is 1.43. The quantitative estimate of drug-likeness (QED) is 0.301. The number of alkyl halides is 3. The lowest BCUT2D eigenvalue weighted by atomic mass is 10.2. The van der Waals surface area contributed by atoms with E-state index in [1.165, 1.54) is 0 Å². The van der Waals surface area contributed by atoms with E-state index >= 15 is 0 Å². The van der Waals surface area contributed by atoms with Gasteiger partial charge >= 0.3 is 6.18 Å². The highest BCUT2D eigenvalue weighted by molar-refractivity contribution is 14.0. The van der Waals surface area contributed by atoms with Gasteiger partial charge in [0.15, 0.2) is 5.96 Å². The number of hydrogen-bond donors (Lipinski definition) is 2. The maximum absolute atomic E-state index is 12.2. The summed E-state index contributed by atoms with van der Waals surface area (Å²) in [6.45, 7) is 0.903. The first-order valence-electron chi connectivity index (χ1n) is 6.82. The molecule has 1 aliphatic rings. The summed E-state index contributed by atoms with van der Waals surface area (Å²) < 4.78 is 36.6.